The molecule has 1 amide bonds. The summed E-state index contributed by atoms with van der Waals surface area (Å²) in [5, 5.41) is 12.8. The van der Waals surface area contributed by atoms with Gasteiger partial charge in [-0.3, -0.25) is 14.6 Å². The quantitative estimate of drug-likeness (QED) is 0.502. The Morgan fingerprint density at radius 1 is 1.10 bits per heavy atom. The van der Waals surface area contributed by atoms with Gasteiger partial charge in [0, 0.05) is 29.3 Å². The van der Waals surface area contributed by atoms with Crippen molar-refractivity contribution in [2.75, 3.05) is 18.0 Å². The molecule has 150 valence electrons. The van der Waals surface area contributed by atoms with Crippen molar-refractivity contribution in [3.05, 3.63) is 76.3 Å². The molecule has 0 spiro atoms. The van der Waals surface area contributed by atoms with Crippen LogP contribution < -0.4 is 4.90 Å². The Kier molecular flexibility index (Phi) is 4.85. The van der Waals surface area contributed by atoms with Crippen molar-refractivity contribution in [2.45, 2.75) is 30.8 Å². The molecule has 3 aromatic rings. The number of anilines is 1. The summed E-state index contributed by atoms with van der Waals surface area (Å²) in [7, 11) is 0. The van der Waals surface area contributed by atoms with Crippen LogP contribution in [0.1, 0.15) is 30.0 Å². The molecule has 0 saturated carbocycles. The van der Waals surface area contributed by atoms with E-state index in [-0.39, 0.29) is 0 Å². The van der Waals surface area contributed by atoms with Crippen molar-refractivity contribution in [3.8, 4) is 6.07 Å². The molecule has 0 radical (unpaired) electrons. The van der Waals surface area contributed by atoms with Crippen LogP contribution in [0.25, 0.3) is 10.8 Å². The van der Waals surface area contributed by atoms with Gasteiger partial charge in [0.2, 0.25) is 6.41 Å². The summed E-state index contributed by atoms with van der Waals surface area (Å²) in [6.45, 7) is 1.59. The summed E-state index contributed by atoms with van der Waals surface area (Å²) in [6, 6.07) is 23.6. The average Bonchev–Trinajstić information content (AvgIpc) is 3.15. The predicted octanol–water partition coefficient (Wildman–Crippen LogP) is 5.22. The number of halogens is 1. The number of likely N-dealkylation sites (tertiary alicyclic amines) is 1. The largest absolute Gasteiger partial charge is 0.296 e. The molecule has 0 bridgehead atoms. The summed E-state index contributed by atoms with van der Waals surface area (Å²) < 4.78 is 0.897. The fraction of sp³-hybridized carbons (Fsp3) is 0.280. The van der Waals surface area contributed by atoms with E-state index in [0.29, 0.717) is 18.9 Å². The molecular weight excluding hydrogens is 438 g/mol. The Labute approximate surface area is 184 Å². The molecule has 30 heavy (non-hydrogen) atoms. The molecule has 2 aliphatic rings. The van der Waals surface area contributed by atoms with E-state index in [0.717, 1.165) is 36.1 Å². The lowest BCUT2D eigenvalue weighted by Crippen LogP contribution is -2.55. The molecule has 1 aliphatic carbocycles. The lowest BCUT2D eigenvalue weighted by atomic mass is 9.85. The van der Waals surface area contributed by atoms with E-state index in [1.54, 1.807) is 4.90 Å². The molecule has 1 fully saturated rings. The lowest BCUT2D eigenvalue weighted by Gasteiger charge is -2.44. The summed E-state index contributed by atoms with van der Waals surface area (Å²) in [6.07, 6.45) is 3.10. The first kappa shape index (κ1) is 19.3. The van der Waals surface area contributed by atoms with Crippen molar-refractivity contribution in [3.63, 3.8) is 0 Å². The maximum atomic E-state index is 12.0. The van der Waals surface area contributed by atoms with Gasteiger partial charge in [-0.15, -0.1) is 0 Å². The Hall–Kier alpha value is -2.68. The van der Waals surface area contributed by atoms with Crippen LogP contribution in [0.5, 0.6) is 0 Å². The number of rotatable bonds is 4. The van der Waals surface area contributed by atoms with Crippen LogP contribution in [0.15, 0.2) is 65.1 Å². The molecule has 1 atom stereocenters. The number of piperidine rings is 1. The molecule has 1 unspecified atom stereocenters. The molecule has 1 aliphatic heterocycles. The number of nitriles is 1. The van der Waals surface area contributed by atoms with Gasteiger partial charge in [-0.2, -0.15) is 5.26 Å². The van der Waals surface area contributed by atoms with Crippen molar-refractivity contribution in [1.29, 1.82) is 5.26 Å². The molecule has 0 aromatic heterocycles. The summed E-state index contributed by atoms with van der Waals surface area (Å²) >= 11 is 3.47. The highest BCUT2D eigenvalue weighted by atomic mass is 79.9. The second-order valence-electron chi connectivity index (χ2n) is 8.22. The van der Waals surface area contributed by atoms with Crippen LogP contribution in [0, 0.1) is 11.3 Å². The first-order valence-electron chi connectivity index (χ1n) is 10.3. The normalized spacial score (nSPS) is 20.1. The van der Waals surface area contributed by atoms with Crippen LogP contribution >= 0.6 is 15.9 Å². The number of amides is 1. The van der Waals surface area contributed by atoms with E-state index in [9.17, 15) is 10.1 Å². The minimum Gasteiger partial charge on any atom is -0.296 e. The maximum Gasteiger partial charge on any atom is 0.215 e. The van der Waals surface area contributed by atoms with Gasteiger partial charge in [0.1, 0.15) is 5.54 Å². The maximum absolute atomic E-state index is 12.0. The molecule has 4 nitrogen and oxygen atoms in total. The van der Waals surface area contributed by atoms with Gasteiger partial charge in [-0.05, 0) is 59.4 Å². The van der Waals surface area contributed by atoms with Crippen molar-refractivity contribution < 1.29 is 4.79 Å². The van der Waals surface area contributed by atoms with Gasteiger partial charge < -0.3 is 0 Å². The Morgan fingerprint density at radius 3 is 2.53 bits per heavy atom. The molecule has 5 heteroatoms. The first-order valence-corrected chi connectivity index (χ1v) is 11.1. The summed E-state index contributed by atoms with van der Waals surface area (Å²) in [5.74, 6) is 0. The Morgan fingerprint density at radius 2 is 1.83 bits per heavy atom. The van der Waals surface area contributed by atoms with E-state index < -0.39 is 5.54 Å². The van der Waals surface area contributed by atoms with E-state index in [1.807, 2.05) is 24.3 Å². The Bertz CT molecular complexity index is 1160. The number of benzene rings is 3. The lowest BCUT2D eigenvalue weighted by molar-refractivity contribution is -0.108. The molecule has 5 rings (SSSR count). The van der Waals surface area contributed by atoms with Crippen LogP contribution in [0.4, 0.5) is 5.69 Å². The average molecular weight is 460 g/mol. The van der Waals surface area contributed by atoms with Gasteiger partial charge >= 0.3 is 0 Å². The topological polar surface area (TPSA) is 47.3 Å². The highest BCUT2D eigenvalue weighted by Crippen LogP contribution is 2.42. The SMILES string of the molecule is N#CC1(N(C=O)c2cccc(Br)c2)CCN(C2Cc3cccc4cccc2c34)CC1. The summed E-state index contributed by atoms with van der Waals surface area (Å²) in [4.78, 5) is 16.2. The highest BCUT2D eigenvalue weighted by molar-refractivity contribution is 9.10. The number of nitrogens with zero attached hydrogens (tertiary/aromatic N) is 3. The second-order valence-corrected chi connectivity index (χ2v) is 9.13. The van der Waals surface area contributed by atoms with E-state index in [4.69, 9.17) is 0 Å². The Balaban J connectivity index is 1.40. The predicted molar refractivity (Wildman–Crippen MR) is 122 cm³/mol. The van der Waals surface area contributed by atoms with Crippen molar-refractivity contribution >= 4 is 38.8 Å². The van der Waals surface area contributed by atoms with Gasteiger partial charge in [-0.25, -0.2) is 0 Å². The molecule has 3 aromatic carbocycles. The van der Waals surface area contributed by atoms with Gasteiger partial charge in [-0.1, -0.05) is 58.4 Å². The van der Waals surface area contributed by atoms with E-state index in [1.165, 1.54) is 21.9 Å². The second kappa shape index (κ2) is 7.54. The van der Waals surface area contributed by atoms with Crippen LogP contribution in [0.3, 0.4) is 0 Å². The highest BCUT2D eigenvalue weighted by Gasteiger charge is 2.43. The molecule has 0 N–H and O–H groups in total. The molecule has 1 saturated heterocycles. The minimum atomic E-state index is -0.809. The number of hydrogen-bond acceptors (Lipinski definition) is 3. The molecular formula is C25H22BrN3O. The fourth-order valence-corrected chi connectivity index (χ4v) is 5.58. The zero-order valence-electron chi connectivity index (χ0n) is 16.6. The summed E-state index contributed by atoms with van der Waals surface area (Å²) in [5.41, 5.74) is 2.75. The standard InChI is InChI=1S/C25H22BrN3O/c26-20-7-3-8-21(15-20)29(17-30)25(16-27)10-12-28(13-11-25)23-14-19-6-1-4-18-5-2-9-22(23)24(18)19/h1-9,15,17,23H,10-14H2. The molecule has 1 heterocycles. The van der Waals surface area contributed by atoms with E-state index in [2.05, 4.69) is 63.3 Å². The van der Waals surface area contributed by atoms with Gasteiger partial charge in [0.25, 0.3) is 0 Å². The zero-order chi connectivity index (χ0) is 20.7. The third-order valence-electron chi connectivity index (χ3n) is 6.72. The smallest absolute Gasteiger partial charge is 0.215 e. The van der Waals surface area contributed by atoms with Gasteiger partial charge in [0.05, 0.1) is 6.07 Å². The van der Waals surface area contributed by atoms with Crippen LogP contribution in [0.2, 0.25) is 0 Å². The number of carbonyl (C=O) groups excluding carboxylic acids is 1. The number of hydrogen-bond donors (Lipinski definition) is 0. The monoisotopic (exact) mass is 459 g/mol. The van der Waals surface area contributed by atoms with Gasteiger partial charge in [0.15, 0.2) is 0 Å². The van der Waals surface area contributed by atoms with Crippen molar-refractivity contribution in [2.24, 2.45) is 0 Å². The minimum absolute atomic E-state index is 0.346. The first-order chi connectivity index (χ1) is 14.6. The van der Waals surface area contributed by atoms with Crippen molar-refractivity contribution in [1.82, 2.24) is 4.90 Å². The van der Waals surface area contributed by atoms with Crippen LogP contribution in [-0.4, -0.2) is 29.9 Å². The third kappa shape index (κ3) is 3.03. The number of carbonyl (C=O) groups is 1. The zero-order valence-corrected chi connectivity index (χ0v) is 18.2. The van der Waals surface area contributed by atoms with E-state index >= 15 is 0 Å². The third-order valence-corrected chi connectivity index (χ3v) is 7.22. The fourth-order valence-electron chi connectivity index (χ4n) is 5.19. The van der Waals surface area contributed by atoms with Crippen LogP contribution in [-0.2, 0) is 11.2 Å².